The maximum absolute atomic E-state index is 12.7. The van der Waals surface area contributed by atoms with Crippen LogP contribution in [-0.2, 0) is 71.4 Å². The molecule has 0 spiro atoms. The van der Waals surface area contributed by atoms with E-state index in [0.29, 0.717) is 0 Å². The summed E-state index contributed by atoms with van der Waals surface area (Å²) >= 11 is 0. The van der Waals surface area contributed by atoms with E-state index >= 15 is 0 Å². The van der Waals surface area contributed by atoms with Gasteiger partial charge in [0.15, 0.2) is 0 Å². The minimum Gasteiger partial charge on any atom is -0.387 e. The second-order valence-corrected chi connectivity index (χ2v) is 19.2. The number of halogens is 4. The van der Waals surface area contributed by atoms with E-state index in [0.717, 1.165) is 86.8 Å². The van der Waals surface area contributed by atoms with Crippen molar-refractivity contribution in [2.45, 2.75) is 99.6 Å². The number of benzene rings is 2. The Balaban J connectivity index is 0.000000159. The van der Waals surface area contributed by atoms with Gasteiger partial charge in [-0.15, -0.1) is 5.26 Å². The van der Waals surface area contributed by atoms with Crippen molar-refractivity contribution < 1.29 is 43.9 Å². The molecule has 2 aromatic carbocycles. The third kappa shape index (κ3) is 9.12. The molecule has 2 heterocycles. The van der Waals surface area contributed by atoms with Crippen molar-refractivity contribution in [2.24, 2.45) is 5.14 Å². The normalized spacial score (nSPS) is 19.0. The number of fused-ring (bicyclic) bond motifs is 4. The van der Waals surface area contributed by atoms with Crippen LogP contribution < -0.4 is 19.9 Å². The fraction of sp³-hybridized carbons (Fsp3) is 0.632. The number of aryl methyl sites for hydroxylation is 4. The standard InChI is InChI=1S/C19H25F2N3O3S.C13H13NO.C6H12F2N2O2S/c20-8-14(9-21)24-10-15(11-24)28(26,27)23-19(25)22-18-16-5-1-3-12(16)7-13-4-2-6-17(13)18;14-8-15-13-11-5-1-3-9(11)7-10-4-2-6-12(10)13;7-1-5(2-8)10-3-6(4-10)13(9,11)12/h7,14-15H,1-6,8-11H2,(H2,22,23,25);7H,1-6H2;5-6H,1-4H2,(H2,9,11,12). The van der Waals surface area contributed by atoms with Crippen LogP contribution in [0.5, 0.6) is 5.75 Å². The van der Waals surface area contributed by atoms with Crippen molar-refractivity contribution in [3.63, 3.8) is 0 Å². The Kier molecular flexibility index (Phi) is 13.5. The molecule has 0 unspecified atom stereocenters. The zero-order valence-corrected chi connectivity index (χ0v) is 32.9. The summed E-state index contributed by atoms with van der Waals surface area (Å²) in [5.74, 6) is 0.903. The highest BCUT2D eigenvalue weighted by Gasteiger charge is 2.42. The second kappa shape index (κ2) is 18.0. The molecular formula is C38H50F4N6O6S2. The van der Waals surface area contributed by atoms with Crippen LogP contribution in [0.3, 0.4) is 0 Å². The molecule has 0 aromatic heterocycles. The highest BCUT2D eigenvalue weighted by molar-refractivity contribution is 7.90. The molecule has 4 aliphatic carbocycles. The highest BCUT2D eigenvalue weighted by atomic mass is 32.2. The lowest BCUT2D eigenvalue weighted by Crippen LogP contribution is -2.62. The summed E-state index contributed by atoms with van der Waals surface area (Å²) in [5, 5.41) is 14.8. The fourth-order valence-corrected chi connectivity index (χ4v) is 10.7. The lowest BCUT2D eigenvalue weighted by Gasteiger charge is -2.41. The number of anilines is 1. The summed E-state index contributed by atoms with van der Waals surface area (Å²) in [6, 6.07) is 2.10. The summed E-state index contributed by atoms with van der Waals surface area (Å²) in [4.78, 5) is 15.3. The molecule has 2 aromatic rings. The van der Waals surface area contributed by atoms with E-state index in [1.807, 2.05) is 6.26 Å². The topological polar surface area (TPSA) is 175 Å². The number of carbonyl (C=O) groups excluding carboxylic acids is 1. The van der Waals surface area contributed by atoms with Crippen molar-refractivity contribution in [1.82, 2.24) is 14.5 Å². The number of rotatable bonds is 11. The second-order valence-electron chi connectivity index (χ2n) is 15.4. The van der Waals surface area contributed by atoms with Crippen LogP contribution in [-0.4, -0.2) is 108 Å². The number of alkyl halides is 4. The minimum atomic E-state index is -3.90. The first-order valence-electron chi connectivity index (χ1n) is 19.3. The summed E-state index contributed by atoms with van der Waals surface area (Å²) in [6.07, 6.45) is 14.6. The van der Waals surface area contributed by atoms with E-state index in [1.54, 1.807) is 0 Å². The Labute approximate surface area is 326 Å². The van der Waals surface area contributed by atoms with Gasteiger partial charge in [0.25, 0.3) is 6.26 Å². The number of carbonyl (C=O) groups is 1. The molecule has 4 N–H and O–H groups in total. The highest BCUT2D eigenvalue weighted by Crippen LogP contribution is 2.40. The first kappa shape index (κ1) is 42.1. The van der Waals surface area contributed by atoms with E-state index < -0.39 is 75.4 Å². The van der Waals surface area contributed by atoms with Crippen LogP contribution >= 0.6 is 0 Å². The van der Waals surface area contributed by atoms with Gasteiger partial charge in [-0.05, 0) is 122 Å². The summed E-state index contributed by atoms with van der Waals surface area (Å²) in [6.45, 7) is -2.99. The van der Waals surface area contributed by atoms with E-state index in [1.165, 1.54) is 56.0 Å². The molecular weight excluding hydrogens is 777 g/mol. The average Bonchev–Trinajstić information content (AvgIpc) is 3.94. The smallest absolute Gasteiger partial charge is 0.332 e. The van der Waals surface area contributed by atoms with Gasteiger partial charge in [-0.25, -0.2) is 49.1 Å². The summed E-state index contributed by atoms with van der Waals surface area (Å²) in [5.41, 5.74) is 11.0. The monoisotopic (exact) mass is 826 g/mol. The van der Waals surface area contributed by atoms with Crippen LogP contribution in [0.25, 0.3) is 0 Å². The first-order valence-corrected chi connectivity index (χ1v) is 22.4. The molecule has 2 aliphatic heterocycles. The van der Waals surface area contributed by atoms with Gasteiger partial charge >= 0.3 is 6.03 Å². The van der Waals surface area contributed by atoms with Crippen molar-refractivity contribution in [1.29, 1.82) is 5.26 Å². The van der Waals surface area contributed by atoms with Crippen LogP contribution in [0.1, 0.15) is 70.2 Å². The Morgan fingerprint density at radius 2 is 1.11 bits per heavy atom. The van der Waals surface area contributed by atoms with Crippen molar-refractivity contribution in [3.8, 4) is 12.0 Å². The quantitative estimate of drug-likeness (QED) is 0.224. The largest absolute Gasteiger partial charge is 0.387 e. The van der Waals surface area contributed by atoms with Gasteiger partial charge in [0.1, 0.15) is 42.9 Å². The number of likely N-dealkylation sites (tertiary alicyclic amines) is 2. The molecule has 0 atom stereocenters. The maximum Gasteiger partial charge on any atom is 0.332 e. The third-order valence-corrected chi connectivity index (χ3v) is 14.8. The van der Waals surface area contributed by atoms with E-state index in [2.05, 4.69) is 22.2 Å². The lowest BCUT2D eigenvalue weighted by atomic mass is 9.99. The molecule has 18 heteroatoms. The average molecular weight is 827 g/mol. The van der Waals surface area contributed by atoms with Crippen molar-refractivity contribution >= 4 is 31.8 Å². The molecule has 12 nitrogen and oxygen atoms in total. The van der Waals surface area contributed by atoms with Crippen LogP contribution in [0.15, 0.2) is 12.1 Å². The number of sulfonamides is 2. The number of nitriles is 1. The first-order chi connectivity index (χ1) is 26.8. The minimum absolute atomic E-state index is 0.0251. The number of hydrogen-bond donors (Lipinski definition) is 3. The molecule has 0 bridgehead atoms. The van der Waals surface area contributed by atoms with Gasteiger partial charge in [-0.3, -0.25) is 9.80 Å². The fourth-order valence-electron chi connectivity index (χ4n) is 8.66. The number of nitrogens with one attached hydrogen (secondary N) is 2. The van der Waals surface area contributed by atoms with Crippen LogP contribution in [0.4, 0.5) is 28.0 Å². The summed E-state index contributed by atoms with van der Waals surface area (Å²) < 4.78 is 103. The Bertz CT molecular complexity index is 1970. The van der Waals surface area contributed by atoms with E-state index in [4.69, 9.17) is 15.1 Å². The van der Waals surface area contributed by atoms with Gasteiger partial charge in [0.05, 0.1) is 12.1 Å². The molecule has 308 valence electrons. The number of nitrogens with two attached hydrogens (primary N) is 1. The van der Waals surface area contributed by atoms with Crippen LogP contribution in [0.2, 0.25) is 0 Å². The number of amides is 2. The molecule has 2 amide bonds. The van der Waals surface area contributed by atoms with Gasteiger partial charge in [-0.2, -0.15) is 0 Å². The predicted molar refractivity (Wildman–Crippen MR) is 204 cm³/mol. The Morgan fingerprint density at radius 1 is 0.714 bits per heavy atom. The Hall–Kier alpha value is -3.50. The van der Waals surface area contributed by atoms with E-state index in [-0.39, 0.29) is 26.2 Å². The molecule has 8 rings (SSSR count). The number of hydrogen-bond acceptors (Lipinski definition) is 9. The third-order valence-electron chi connectivity index (χ3n) is 11.9. The molecule has 2 fully saturated rings. The number of nitrogens with zero attached hydrogens (tertiary/aromatic N) is 3. The van der Waals surface area contributed by atoms with Gasteiger partial charge in [0.2, 0.25) is 20.0 Å². The van der Waals surface area contributed by atoms with Gasteiger partial charge in [-0.1, -0.05) is 12.1 Å². The molecule has 0 radical (unpaired) electrons. The maximum atomic E-state index is 12.7. The van der Waals surface area contributed by atoms with E-state index in [9.17, 15) is 39.2 Å². The Morgan fingerprint density at radius 3 is 1.50 bits per heavy atom. The molecule has 6 aliphatic rings. The number of ether oxygens (including phenoxy) is 1. The molecule has 2 saturated heterocycles. The van der Waals surface area contributed by atoms with Gasteiger partial charge in [0, 0.05) is 31.9 Å². The molecule has 56 heavy (non-hydrogen) atoms. The predicted octanol–water partition coefficient (Wildman–Crippen LogP) is 3.90. The van der Waals surface area contributed by atoms with Gasteiger partial charge < -0.3 is 10.1 Å². The molecule has 0 saturated carbocycles. The zero-order chi connectivity index (χ0) is 40.2. The zero-order valence-electron chi connectivity index (χ0n) is 31.3. The number of primary sulfonamides is 1. The van der Waals surface area contributed by atoms with Crippen molar-refractivity contribution in [3.05, 3.63) is 56.6 Å². The van der Waals surface area contributed by atoms with Crippen LogP contribution in [0, 0.1) is 11.5 Å². The van der Waals surface area contributed by atoms with Crippen molar-refractivity contribution in [2.75, 3.05) is 58.2 Å². The SMILES string of the molecule is N#COc1c2c(cc3c1CCC3)CCC2.NS(=O)(=O)C1CN(C(CF)CF)C1.O=C(Nc1c2c(cc3c1CCC3)CCC2)NS(=O)(=O)C1CN(C(CF)CF)C1. The summed E-state index contributed by atoms with van der Waals surface area (Å²) in [7, 11) is -7.44. The number of urea groups is 1. The lowest BCUT2D eigenvalue weighted by molar-refractivity contribution is 0.0832.